The highest BCUT2D eigenvalue weighted by Gasteiger charge is 2.47. The number of amides is 1. The average molecular weight is 436 g/mol. The molecule has 0 aliphatic carbocycles. The van der Waals surface area contributed by atoms with Crippen molar-refractivity contribution in [3.8, 4) is 0 Å². The average Bonchev–Trinajstić information content (AvgIpc) is 2.99. The maximum atomic E-state index is 12.9. The van der Waals surface area contributed by atoms with E-state index >= 15 is 0 Å². The lowest BCUT2D eigenvalue weighted by Gasteiger charge is -2.24. The molecule has 3 heterocycles. The van der Waals surface area contributed by atoms with Crippen LogP contribution in [-0.4, -0.2) is 26.8 Å². The van der Waals surface area contributed by atoms with Crippen molar-refractivity contribution in [1.29, 1.82) is 0 Å². The summed E-state index contributed by atoms with van der Waals surface area (Å²) in [7, 11) is 0. The number of hydrogen-bond donors (Lipinski definition) is 1. The standard InChI is InChI=1S/C21H14BrN3O3/c22-15-7-3-5-13(11-15)19(26)17-18(14-6-4-9-23-12-14)25(21(28)20(17)27)16-8-1-2-10-24-16/h1-12,18,26H. The molecule has 1 aromatic carbocycles. The fourth-order valence-electron chi connectivity index (χ4n) is 3.21. The molecule has 7 heteroatoms. The summed E-state index contributed by atoms with van der Waals surface area (Å²) in [4.78, 5) is 35.4. The molecule has 1 atom stereocenters. The van der Waals surface area contributed by atoms with E-state index in [-0.39, 0.29) is 11.3 Å². The molecule has 0 radical (unpaired) electrons. The van der Waals surface area contributed by atoms with Crippen LogP contribution >= 0.6 is 15.9 Å². The number of pyridine rings is 2. The molecule has 1 saturated heterocycles. The molecule has 0 bridgehead atoms. The van der Waals surface area contributed by atoms with Crippen LogP contribution in [-0.2, 0) is 9.59 Å². The number of halogens is 1. The van der Waals surface area contributed by atoms with E-state index in [0.717, 1.165) is 4.47 Å². The fraction of sp³-hybridized carbons (Fsp3) is 0.0476. The summed E-state index contributed by atoms with van der Waals surface area (Å²) in [6, 6.07) is 14.7. The molecule has 0 saturated carbocycles. The van der Waals surface area contributed by atoms with Crippen LogP contribution in [0.25, 0.3) is 5.76 Å². The predicted molar refractivity (Wildman–Crippen MR) is 107 cm³/mol. The Bertz CT molecular complexity index is 1080. The Hall–Kier alpha value is -3.32. The summed E-state index contributed by atoms with van der Waals surface area (Å²) in [5, 5.41) is 10.9. The van der Waals surface area contributed by atoms with Gasteiger partial charge in [-0.1, -0.05) is 40.2 Å². The first kappa shape index (κ1) is 18.1. The predicted octanol–water partition coefficient (Wildman–Crippen LogP) is 3.87. The lowest BCUT2D eigenvalue weighted by molar-refractivity contribution is -0.132. The molecule has 1 fully saturated rings. The molecule has 3 aromatic rings. The van der Waals surface area contributed by atoms with Crippen molar-refractivity contribution in [1.82, 2.24) is 9.97 Å². The number of hydrogen-bond acceptors (Lipinski definition) is 5. The van der Waals surface area contributed by atoms with Crippen LogP contribution in [0.15, 0.2) is 83.2 Å². The Labute approximate surface area is 169 Å². The van der Waals surface area contributed by atoms with Crippen molar-refractivity contribution < 1.29 is 14.7 Å². The third-order valence-corrected chi connectivity index (χ3v) is 4.93. The van der Waals surface area contributed by atoms with E-state index in [4.69, 9.17) is 0 Å². The monoisotopic (exact) mass is 435 g/mol. The molecule has 1 aliphatic rings. The van der Waals surface area contributed by atoms with Gasteiger partial charge in [0.25, 0.3) is 5.78 Å². The summed E-state index contributed by atoms with van der Waals surface area (Å²) in [6.07, 6.45) is 4.72. The van der Waals surface area contributed by atoms with Gasteiger partial charge >= 0.3 is 5.91 Å². The van der Waals surface area contributed by atoms with E-state index < -0.39 is 17.7 Å². The van der Waals surface area contributed by atoms with Gasteiger partial charge in [-0.05, 0) is 35.9 Å². The minimum Gasteiger partial charge on any atom is -0.507 e. The number of aliphatic hydroxyl groups is 1. The number of nitrogens with zero attached hydrogens (tertiary/aromatic N) is 3. The first-order valence-electron chi connectivity index (χ1n) is 8.46. The van der Waals surface area contributed by atoms with E-state index in [1.165, 1.54) is 4.90 Å². The van der Waals surface area contributed by atoms with E-state index in [1.807, 2.05) is 6.07 Å². The molecule has 6 nitrogen and oxygen atoms in total. The van der Waals surface area contributed by atoms with Crippen molar-refractivity contribution >= 4 is 39.2 Å². The fourth-order valence-corrected chi connectivity index (χ4v) is 3.61. The summed E-state index contributed by atoms with van der Waals surface area (Å²) >= 11 is 3.36. The van der Waals surface area contributed by atoms with Gasteiger partial charge in [-0.3, -0.25) is 19.5 Å². The van der Waals surface area contributed by atoms with Gasteiger partial charge in [0.15, 0.2) is 0 Å². The van der Waals surface area contributed by atoms with Crippen molar-refractivity contribution in [3.05, 3.63) is 94.4 Å². The van der Waals surface area contributed by atoms with E-state index in [9.17, 15) is 14.7 Å². The summed E-state index contributed by atoms with van der Waals surface area (Å²) in [5.74, 6) is -1.43. The maximum Gasteiger partial charge on any atom is 0.301 e. The minimum absolute atomic E-state index is 0.00162. The third-order valence-electron chi connectivity index (χ3n) is 4.44. The Morgan fingerprint density at radius 1 is 1.04 bits per heavy atom. The molecule has 1 unspecified atom stereocenters. The molecule has 138 valence electrons. The van der Waals surface area contributed by atoms with Gasteiger partial charge in [0, 0.05) is 28.6 Å². The molecule has 1 N–H and O–H groups in total. The Balaban J connectivity index is 1.95. The summed E-state index contributed by atoms with van der Waals surface area (Å²) < 4.78 is 0.744. The van der Waals surface area contributed by atoms with Gasteiger partial charge in [-0.25, -0.2) is 4.98 Å². The number of anilines is 1. The Morgan fingerprint density at radius 3 is 2.57 bits per heavy atom. The van der Waals surface area contributed by atoms with Gasteiger partial charge < -0.3 is 5.11 Å². The number of aliphatic hydroxyl groups excluding tert-OH is 1. The van der Waals surface area contributed by atoms with Gasteiger partial charge in [0.1, 0.15) is 11.6 Å². The number of rotatable bonds is 3. The first-order valence-corrected chi connectivity index (χ1v) is 9.25. The van der Waals surface area contributed by atoms with Crippen molar-refractivity contribution in [2.24, 2.45) is 0 Å². The number of carbonyl (C=O) groups is 2. The Morgan fingerprint density at radius 2 is 1.89 bits per heavy atom. The zero-order valence-electron chi connectivity index (χ0n) is 14.5. The van der Waals surface area contributed by atoms with E-state index in [1.54, 1.807) is 67.1 Å². The molecule has 2 aromatic heterocycles. The van der Waals surface area contributed by atoms with Gasteiger partial charge in [-0.2, -0.15) is 0 Å². The number of ketones is 1. The van der Waals surface area contributed by atoms with Crippen LogP contribution < -0.4 is 4.90 Å². The van der Waals surface area contributed by atoms with Crippen molar-refractivity contribution in [2.75, 3.05) is 4.90 Å². The van der Waals surface area contributed by atoms with Crippen LogP contribution in [0.3, 0.4) is 0 Å². The molecule has 1 amide bonds. The molecular formula is C21H14BrN3O3. The quantitative estimate of drug-likeness (QED) is 0.383. The lowest BCUT2D eigenvalue weighted by atomic mass is 9.96. The van der Waals surface area contributed by atoms with Gasteiger partial charge in [0.2, 0.25) is 0 Å². The number of carbonyl (C=O) groups excluding carboxylic acids is 2. The topological polar surface area (TPSA) is 83.4 Å². The molecular weight excluding hydrogens is 422 g/mol. The molecule has 28 heavy (non-hydrogen) atoms. The Kier molecular flexibility index (Phi) is 4.75. The second-order valence-corrected chi connectivity index (χ2v) is 7.07. The third kappa shape index (κ3) is 3.10. The number of aromatic nitrogens is 2. The highest BCUT2D eigenvalue weighted by molar-refractivity contribution is 9.10. The number of Topliss-reactive ketones (excluding diaryl/α,β-unsaturated/α-hetero) is 1. The highest BCUT2D eigenvalue weighted by Crippen LogP contribution is 2.41. The van der Waals surface area contributed by atoms with Crippen LogP contribution in [0.2, 0.25) is 0 Å². The molecule has 0 spiro atoms. The zero-order chi connectivity index (χ0) is 19.7. The summed E-state index contributed by atoms with van der Waals surface area (Å²) in [5.41, 5.74) is 1.04. The van der Waals surface area contributed by atoms with Crippen LogP contribution in [0, 0.1) is 0 Å². The second-order valence-electron chi connectivity index (χ2n) is 6.15. The van der Waals surface area contributed by atoms with Crippen LogP contribution in [0.1, 0.15) is 17.2 Å². The smallest absolute Gasteiger partial charge is 0.301 e. The minimum atomic E-state index is -0.831. The van der Waals surface area contributed by atoms with E-state index in [2.05, 4.69) is 25.9 Å². The van der Waals surface area contributed by atoms with Crippen LogP contribution in [0.4, 0.5) is 5.82 Å². The largest absolute Gasteiger partial charge is 0.507 e. The molecule has 4 rings (SSSR count). The van der Waals surface area contributed by atoms with Gasteiger partial charge in [-0.15, -0.1) is 0 Å². The van der Waals surface area contributed by atoms with Crippen molar-refractivity contribution in [2.45, 2.75) is 6.04 Å². The lowest BCUT2D eigenvalue weighted by Crippen LogP contribution is -2.30. The van der Waals surface area contributed by atoms with Gasteiger partial charge in [0.05, 0.1) is 11.6 Å². The molecule has 1 aliphatic heterocycles. The van der Waals surface area contributed by atoms with Crippen molar-refractivity contribution in [3.63, 3.8) is 0 Å². The first-order chi connectivity index (χ1) is 13.6. The maximum absolute atomic E-state index is 12.9. The second kappa shape index (κ2) is 7.36. The SMILES string of the molecule is O=C1C(=O)N(c2ccccn2)C(c2cccnc2)C1=C(O)c1cccc(Br)c1. The number of benzene rings is 1. The zero-order valence-corrected chi connectivity index (χ0v) is 16.1. The normalized spacial score (nSPS) is 18.5. The van der Waals surface area contributed by atoms with Crippen LogP contribution in [0.5, 0.6) is 0 Å². The van der Waals surface area contributed by atoms with E-state index in [0.29, 0.717) is 16.9 Å². The highest BCUT2D eigenvalue weighted by atomic mass is 79.9. The summed E-state index contributed by atoms with van der Waals surface area (Å²) in [6.45, 7) is 0.